The first kappa shape index (κ1) is 14.6. The second-order valence-electron chi connectivity index (χ2n) is 4.18. The van der Waals surface area contributed by atoms with E-state index >= 15 is 0 Å². The number of H-pyrrole nitrogens is 1. The Bertz CT molecular complexity index is 738. The number of carbonyl (C=O) groups excluding carboxylic acids is 1. The topological polar surface area (TPSA) is 88.0 Å². The summed E-state index contributed by atoms with van der Waals surface area (Å²) in [6.45, 7) is 0. The van der Waals surface area contributed by atoms with E-state index < -0.39 is 28.8 Å². The van der Waals surface area contributed by atoms with Gasteiger partial charge in [0.05, 0.1) is 5.56 Å². The Kier molecular flexibility index (Phi) is 3.70. The van der Waals surface area contributed by atoms with E-state index in [1.165, 1.54) is 18.5 Å². The number of nitrogens with two attached hydrogens (primary N) is 1. The molecule has 0 atom stereocenters. The average Bonchev–Trinajstić information content (AvgIpc) is 2.40. The van der Waals surface area contributed by atoms with Crippen molar-refractivity contribution < 1.29 is 18.0 Å². The minimum atomic E-state index is -4.63. The van der Waals surface area contributed by atoms with Gasteiger partial charge in [-0.15, -0.1) is 0 Å². The number of pyridine rings is 1. The molecule has 1 heterocycles. The maximum atomic E-state index is 12.7. The van der Waals surface area contributed by atoms with Crippen LogP contribution in [-0.2, 0) is 6.18 Å². The number of halogens is 3. The van der Waals surface area contributed by atoms with Gasteiger partial charge in [0, 0.05) is 29.8 Å². The number of benzene rings is 1. The first-order valence-corrected chi connectivity index (χ1v) is 5.74. The van der Waals surface area contributed by atoms with Crippen molar-refractivity contribution in [2.24, 2.45) is 0 Å². The van der Waals surface area contributed by atoms with E-state index in [9.17, 15) is 22.8 Å². The van der Waals surface area contributed by atoms with Gasteiger partial charge in [0.2, 0.25) is 0 Å². The van der Waals surface area contributed by atoms with E-state index in [-0.39, 0.29) is 11.3 Å². The quantitative estimate of drug-likeness (QED) is 0.743. The van der Waals surface area contributed by atoms with E-state index in [1.807, 2.05) is 0 Å². The lowest BCUT2D eigenvalue weighted by molar-refractivity contribution is -0.136. The summed E-state index contributed by atoms with van der Waals surface area (Å²) in [5.74, 6) is -0.810. The first-order chi connectivity index (χ1) is 9.79. The van der Waals surface area contributed by atoms with Crippen LogP contribution in [0.15, 0.2) is 41.5 Å². The highest BCUT2D eigenvalue weighted by molar-refractivity contribution is 6.04. The summed E-state index contributed by atoms with van der Waals surface area (Å²) in [4.78, 5) is 25.8. The zero-order chi connectivity index (χ0) is 15.6. The summed E-state index contributed by atoms with van der Waals surface area (Å²) < 4.78 is 38.1. The molecule has 1 aromatic heterocycles. The third kappa shape index (κ3) is 3.22. The fourth-order valence-corrected chi connectivity index (χ4v) is 1.67. The molecule has 0 unspecified atom stereocenters. The third-order valence-electron chi connectivity index (χ3n) is 2.69. The van der Waals surface area contributed by atoms with Gasteiger partial charge >= 0.3 is 6.18 Å². The van der Waals surface area contributed by atoms with Crippen molar-refractivity contribution in [3.8, 4) is 0 Å². The lowest BCUT2D eigenvalue weighted by Crippen LogP contribution is -2.21. The standard InChI is InChI=1S/C13H10F3N3O2/c14-13(15,16)9-5-7(1-2-10(9)17)19-12(21)8-6-18-4-3-11(8)20/h1-6H,17H2,(H,18,20)(H,19,21). The van der Waals surface area contributed by atoms with Gasteiger partial charge in [0.15, 0.2) is 5.43 Å². The Balaban J connectivity index is 2.31. The largest absolute Gasteiger partial charge is 0.418 e. The molecule has 1 amide bonds. The number of amides is 1. The minimum absolute atomic E-state index is 0.107. The molecule has 110 valence electrons. The summed E-state index contributed by atoms with van der Waals surface area (Å²) in [5, 5.41) is 2.22. The van der Waals surface area contributed by atoms with Crippen molar-refractivity contribution >= 4 is 17.3 Å². The number of nitrogen functional groups attached to an aromatic ring is 1. The Hall–Kier alpha value is -2.77. The highest BCUT2D eigenvalue weighted by Crippen LogP contribution is 2.35. The molecule has 0 fully saturated rings. The summed E-state index contributed by atoms with van der Waals surface area (Å²) in [5.41, 5.74) is 2.90. The Morgan fingerprint density at radius 2 is 1.95 bits per heavy atom. The number of carbonyl (C=O) groups is 1. The smallest absolute Gasteiger partial charge is 0.398 e. The monoisotopic (exact) mass is 297 g/mol. The normalized spacial score (nSPS) is 11.2. The van der Waals surface area contributed by atoms with Gasteiger partial charge in [0.25, 0.3) is 5.91 Å². The van der Waals surface area contributed by atoms with Crippen molar-refractivity contribution in [2.45, 2.75) is 6.18 Å². The van der Waals surface area contributed by atoms with Crippen LogP contribution in [0.5, 0.6) is 0 Å². The van der Waals surface area contributed by atoms with Crippen LogP contribution in [0.3, 0.4) is 0 Å². The summed E-state index contributed by atoms with van der Waals surface area (Å²) in [6.07, 6.45) is -2.13. The molecule has 2 aromatic rings. The number of anilines is 2. The van der Waals surface area contributed by atoms with Crippen LogP contribution in [0.2, 0.25) is 0 Å². The zero-order valence-electron chi connectivity index (χ0n) is 10.5. The summed E-state index contributed by atoms with van der Waals surface area (Å²) in [7, 11) is 0. The fourth-order valence-electron chi connectivity index (χ4n) is 1.67. The second kappa shape index (κ2) is 5.31. The second-order valence-corrected chi connectivity index (χ2v) is 4.18. The molecule has 0 radical (unpaired) electrons. The fraction of sp³-hybridized carbons (Fsp3) is 0.0769. The third-order valence-corrected chi connectivity index (χ3v) is 2.69. The van der Waals surface area contributed by atoms with Crippen molar-refractivity contribution in [3.05, 3.63) is 58.0 Å². The molecular weight excluding hydrogens is 287 g/mol. The molecule has 0 saturated heterocycles. The molecule has 21 heavy (non-hydrogen) atoms. The first-order valence-electron chi connectivity index (χ1n) is 5.74. The van der Waals surface area contributed by atoms with E-state index in [4.69, 9.17) is 5.73 Å². The Morgan fingerprint density at radius 1 is 1.24 bits per heavy atom. The number of aromatic amines is 1. The van der Waals surface area contributed by atoms with Crippen LogP contribution >= 0.6 is 0 Å². The number of aromatic nitrogens is 1. The van der Waals surface area contributed by atoms with Gasteiger partial charge in [-0.2, -0.15) is 13.2 Å². The van der Waals surface area contributed by atoms with Gasteiger partial charge in [-0.1, -0.05) is 0 Å². The molecule has 5 nitrogen and oxygen atoms in total. The van der Waals surface area contributed by atoms with E-state index in [1.54, 1.807) is 0 Å². The summed E-state index contributed by atoms with van der Waals surface area (Å²) in [6, 6.07) is 4.11. The van der Waals surface area contributed by atoms with Crippen molar-refractivity contribution in [2.75, 3.05) is 11.1 Å². The van der Waals surface area contributed by atoms with Crippen LogP contribution in [0.25, 0.3) is 0 Å². The number of nitrogens with one attached hydrogen (secondary N) is 2. The van der Waals surface area contributed by atoms with Crippen LogP contribution in [0.1, 0.15) is 15.9 Å². The van der Waals surface area contributed by atoms with E-state index in [0.29, 0.717) is 6.07 Å². The molecule has 0 aliphatic rings. The van der Waals surface area contributed by atoms with Crippen LogP contribution < -0.4 is 16.5 Å². The number of hydrogen-bond acceptors (Lipinski definition) is 3. The predicted molar refractivity (Wildman–Crippen MR) is 70.9 cm³/mol. The molecule has 2 rings (SSSR count). The molecule has 0 bridgehead atoms. The SMILES string of the molecule is Nc1ccc(NC(=O)c2c[nH]ccc2=O)cc1C(F)(F)F. The predicted octanol–water partition coefficient (Wildman–Crippen LogP) is 2.23. The average molecular weight is 297 g/mol. The molecule has 0 saturated carbocycles. The highest BCUT2D eigenvalue weighted by atomic mass is 19.4. The van der Waals surface area contributed by atoms with Gasteiger partial charge in [-0.25, -0.2) is 0 Å². The van der Waals surface area contributed by atoms with Gasteiger partial charge in [0.1, 0.15) is 5.56 Å². The molecule has 4 N–H and O–H groups in total. The minimum Gasteiger partial charge on any atom is -0.398 e. The van der Waals surface area contributed by atoms with Crippen molar-refractivity contribution in [3.63, 3.8) is 0 Å². The molecule has 0 aliphatic carbocycles. The molecule has 0 aliphatic heterocycles. The Morgan fingerprint density at radius 3 is 2.57 bits per heavy atom. The van der Waals surface area contributed by atoms with E-state index in [0.717, 1.165) is 12.1 Å². The lowest BCUT2D eigenvalue weighted by Gasteiger charge is -2.12. The molecular formula is C13H10F3N3O2. The Labute approximate surface area is 116 Å². The van der Waals surface area contributed by atoms with Crippen LogP contribution in [0, 0.1) is 0 Å². The van der Waals surface area contributed by atoms with Crippen LogP contribution in [0.4, 0.5) is 24.5 Å². The zero-order valence-corrected chi connectivity index (χ0v) is 10.5. The maximum absolute atomic E-state index is 12.7. The molecule has 8 heteroatoms. The lowest BCUT2D eigenvalue weighted by atomic mass is 10.1. The molecule has 0 spiro atoms. The summed E-state index contributed by atoms with van der Waals surface area (Å²) >= 11 is 0. The number of hydrogen-bond donors (Lipinski definition) is 3. The van der Waals surface area contributed by atoms with Crippen molar-refractivity contribution in [1.29, 1.82) is 0 Å². The van der Waals surface area contributed by atoms with Gasteiger partial charge < -0.3 is 16.0 Å². The number of rotatable bonds is 2. The highest BCUT2D eigenvalue weighted by Gasteiger charge is 2.33. The molecule has 1 aromatic carbocycles. The van der Waals surface area contributed by atoms with E-state index in [2.05, 4.69) is 10.3 Å². The number of alkyl halides is 3. The van der Waals surface area contributed by atoms with Crippen LogP contribution in [-0.4, -0.2) is 10.9 Å². The van der Waals surface area contributed by atoms with Gasteiger partial charge in [-0.3, -0.25) is 9.59 Å². The van der Waals surface area contributed by atoms with Crippen molar-refractivity contribution in [1.82, 2.24) is 4.98 Å². The van der Waals surface area contributed by atoms with Gasteiger partial charge in [-0.05, 0) is 18.2 Å². The maximum Gasteiger partial charge on any atom is 0.418 e.